The van der Waals surface area contributed by atoms with Crippen LogP contribution in [0.2, 0.25) is 0 Å². The second-order valence-corrected chi connectivity index (χ2v) is 11.2. The summed E-state index contributed by atoms with van der Waals surface area (Å²) in [6.45, 7) is 5.47. The van der Waals surface area contributed by atoms with Crippen LogP contribution in [-0.2, 0) is 0 Å². The monoisotopic (exact) mass is 458 g/mol. The van der Waals surface area contributed by atoms with E-state index in [1.165, 1.54) is 58.3 Å². The third kappa shape index (κ3) is 1.91. The highest BCUT2D eigenvalue weighted by atomic mass is 127. The van der Waals surface area contributed by atoms with Crippen molar-refractivity contribution in [1.82, 2.24) is 9.80 Å². The van der Waals surface area contributed by atoms with Crippen LogP contribution in [0.1, 0.15) is 32.1 Å². The Morgan fingerprint density at radius 2 is 1.29 bits per heavy atom. The van der Waals surface area contributed by atoms with Crippen LogP contribution in [0.25, 0.3) is 0 Å². The first-order valence-electron chi connectivity index (χ1n) is 6.93. The maximum atomic E-state index is 2.81. The fourth-order valence-electron chi connectivity index (χ4n) is 4.54. The minimum Gasteiger partial charge on any atom is -0.299 e. The lowest BCUT2D eigenvalue weighted by atomic mass is 9.79. The predicted molar refractivity (Wildman–Crippen MR) is 87.3 cm³/mol. The van der Waals surface area contributed by atoms with Crippen LogP contribution in [0.3, 0.4) is 0 Å². The van der Waals surface area contributed by atoms with Gasteiger partial charge in [-0.3, -0.25) is 9.80 Å². The quantitative estimate of drug-likeness (QED) is 0.441. The van der Waals surface area contributed by atoms with E-state index in [1.807, 2.05) is 0 Å². The smallest absolute Gasteiger partial charge is 0.0376 e. The molecule has 0 amide bonds. The average molecular weight is 458 g/mol. The van der Waals surface area contributed by atoms with Gasteiger partial charge in [0.1, 0.15) is 0 Å². The van der Waals surface area contributed by atoms with E-state index < -0.39 is 0 Å². The van der Waals surface area contributed by atoms with Gasteiger partial charge in [-0.2, -0.15) is 0 Å². The number of hydrogen-bond donors (Lipinski definition) is 0. The van der Waals surface area contributed by atoms with Gasteiger partial charge in [0, 0.05) is 25.5 Å². The largest absolute Gasteiger partial charge is 0.299 e. The number of fused-ring (bicyclic) bond motifs is 5. The van der Waals surface area contributed by atoms with E-state index in [-0.39, 0.29) is 0 Å². The average Bonchev–Trinajstić information content (AvgIpc) is 2.84. The van der Waals surface area contributed by atoms with Gasteiger partial charge in [-0.15, -0.1) is 0 Å². The van der Waals surface area contributed by atoms with Crippen molar-refractivity contribution >= 4 is 45.2 Å². The lowest BCUT2D eigenvalue weighted by Crippen LogP contribution is -2.61. The number of alkyl halides is 2. The first-order valence-corrected chi connectivity index (χ1v) is 9.09. The van der Waals surface area contributed by atoms with Crippen LogP contribution >= 0.6 is 45.2 Å². The van der Waals surface area contributed by atoms with Gasteiger partial charge in [0.05, 0.1) is 0 Å². The van der Waals surface area contributed by atoms with Crippen molar-refractivity contribution in [2.75, 3.05) is 26.2 Å². The summed E-state index contributed by atoms with van der Waals surface area (Å²) in [4.78, 5) is 5.61. The zero-order valence-corrected chi connectivity index (χ0v) is 14.5. The Kier molecular flexibility index (Phi) is 2.82. The number of nitrogens with zero attached hydrogens (tertiary/aromatic N) is 2. The fourth-order valence-corrected chi connectivity index (χ4v) is 6.61. The van der Waals surface area contributed by atoms with Gasteiger partial charge in [0.2, 0.25) is 0 Å². The number of rotatable bonds is 1. The summed E-state index contributed by atoms with van der Waals surface area (Å²) in [7, 11) is 0. The molecule has 5 aliphatic heterocycles. The van der Waals surface area contributed by atoms with Crippen LogP contribution in [0.4, 0.5) is 0 Å². The van der Waals surface area contributed by atoms with E-state index in [1.54, 1.807) is 0 Å². The number of hydrogen-bond acceptors (Lipinski definition) is 2. The number of halogens is 2. The molecule has 0 N–H and O–H groups in total. The minimum absolute atomic E-state index is 0.638. The van der Waals surface area contributed by atoms with Crippen molar-refractivity contribution < 1.29 is 0 Å². The normalized spacial score (nSPS) is 61.1. The van der Waals surface area contributed by atoms with Gasteiger partial charge in [-0.05, 0) is 51.7 Å². The van der Waals surface area contributed by atoms with Crippen molar-refractivity contribution in [2.45, 2.75) is 51.0 Å². The molecule has 4 unspecified atom stereocenters. The third-order valence-electron chi connectivity index (χ3n) is 5.56. The molecular formula is C13H20I2N2. The van der Waals surface area contributed by atoms with Crippen molar-refractivity contribution in [2.24, 2.45) is 0 Å². The minimum atomic E-state index is 0.638. The maximum Gasteiger partial charge on any atom is 0.0376 e. The molecule has 0 aromatic rings. The molecule has 4 bridgehead atoms. The second-order valence-electron chi connectivity index (χ2n) is 6.60. The first-order chi connectivity index (χ1) is 8.07. The molecule has 2 nitrogen and oxygen atoms in total. The lowest BCUT2D eigenvalue weighted by Gasteiger charge is -2.53. The van der Waals surface area contributed by atoms with Gasteiger partial charge >= 0.3 is 0 Å². The van der Waals surface area contributed by atoms with Gasteiger partial charge in [0.25, 0.3) is 0 Å². The molecule has 4 atom stereocenters. The van der Waals surface area contributed by atoms with Gasteiger partial charge in [0.15, 0.2) is 0 Å². The highest BCUT2D eigenvalue weighted by Gasteiger charge is 2.54. The lowest BCUT2D eigenvalue weighted by molar-refractivity contribution is 0.0212. The number of piperidine rings is 4. The zero-order chi connectivity index (χ0) is 11.7. The molecule has 0 aromatic carbocycles. The summed E-state index contributed by atoms with van der Waals surface area (Å²) in [5.41, 5.74) is 0. The summed E-state index contributed by atoms with van der Waals surface area (Å²) >= 11 is 5.53. The molecule has 96 valence electrons. The Bertz CT molecular complexity index is 340. The van der Waals surface area contributed by atoms with Crippen molar-refractivity contribution in [3.8, 4) is 0 Å². The molecule has 17 heavy (non-hydrogen) atoms. The van der Waals surface area contributed by atoms with Gasteiger partial charge in [-0.25, -0.2) is 0 Å². The summed E-state index contributed by atoms with van der Waals surface area (Å²) in [5.74, 6) is 0. The van der Waals surface area contributed by atoms with Crippen LogP contribution < -0.4 is 0 Å². The van der Waals surface area contributed by atoms with E-state index in [4.69, 9.17) is 0 Å². The first kappa shape index (κ1) is 12.1. The van der Waals surface area contributed by atoms with Crippen LogP contribution in [-0.4, -0.2) is 54.9 Å². The highest BCUT2D eigenvalue weighted by molar-refractivity contribution is 14.1. The maximum absolute atomic E-state index is 2.81. The SMILES string of the molecule is IC12CCN(CC1)C(C1CC3(I)CCN1C3)C2. The van der Waals surface area contributed by atoms with E-state index >= 15 is 0 Å². The van der Waals surface area contributed by atoms with Crippen LogP contribution in [0, 0.1) is 0 Å². The highest BCUT2D eigenvalue weighted by Crippen LogP contribution is 2.50. The summed E-state index contributed by atoms with van der Waals surface area (Å²) in [5, 5.41) is 0. The Morgan fingerprint density at radius 1 is 0.765 bits per heavy atom. The summed E-state index contributed by atoms with van der Waals surface area (Å²) < 4.78 is 1.29. The molecule has 5 saturated heterocycles. The molecule has 5 rings (SSSR count). The molecule has 4 heteroatoms. The van der Waals surface area contributed by atoms with Gasteiger partial charge in [-0.1, -0.05) is 45.2 Å². The summed E-state index contributed by atoms with van der Waals surface area (Å²) in [6.07, 6.45) is 7.23. The van der Waals surface area contributed by atoms with Crippen molar-refractivity contribution in [3.63, 3.8) is 0 Å². The van der Waals surface area contributed by atoms with E-state index in [0.29, 0.717) is 6.84 Å². The molecule has 0 radical (unpaired) electrons. The molecule has 0 aromatic heterocycles. The Labute approximate surface area is 131 Å². The van der Waals surface area contributed by atoms with Crippen molar-refractivity contribution in [1.29, 1.82) is 0 Å². The Morgan fingerprint density at radius 3 is 1.82 bits per heavy atom. The Balaban J connectivity index is 1.57. The van der Waals surface area contributed by atoms with Crippen molar-refractivity contribution in [3.05, 3.63) is 0 Å². The molecular weight excluding hydrogens is 438 g/mol. The molecule has 5 heterocycles. The predicted octanol–water partition coefficient (Wildman–Crippen LogP) is 2.68. The summed E-state index contributed by atoms with van der Waals surface area (Å²) in [6, 6.07) is 1.77. The molecule has 5 fully saturated rings. The molecule has 0 spiro atoms. The van der Waals surface area contributed by atoms with Gasteiger partial charge < -0.3 is 0 Å². The van der Waals surface area contributed by atoms with Crippen LogP contribution in [0.5, 0.6) is 0 Å². The molecule has 5 aliphatic rings. The molecule has 0 saturated carbocycles. The molecule has 0 aliphatic carbocycles. The zero-order valence-electron chi connectivity index (χ0n) is 10.2. The van der Waals surface area contributed by atoms with Crippen LogP contribution in [0.15, 0.2) is 0 Å². The fraction of sp³-hybridized carbons (Fsp3) is 1.00. The standard InChI is InChI=1S/C13H20I2N2/c14-12-1-4-16(5-2-12)10(7-12)11-8-13(15)3-6-17(11)9-13/h10-11H,1-9H2. The third-order valence-corrected chi connectivity index (χ3v) is 8.40. The van der Waals surface area contributed by atoms with E-state index in [2.05, 4.69) is 55.0 Å². The Hall–Kier alpha value is 1.38. The second kappa shape index (κ2) is 3.95. The van der Waals surface area contributed by atoms with E-state index in [0.717, 1.165) is 12.1 Å². The van der Waals surface area contributed by atoms with E-state index in [9.17, 15) is 0 Å². The topological polar surface area (TPSA) is 6.48 Å².